The van der Waals surface area contributed by atoms with Crippen LogP contribution in [0.4, 0.5) is 5.95 Å². The molecule has 1 fully saturated rings. The molecule has 136 valence electrons. The topological polar surface area (TPSA) is 72.1 Å². The summed E-state index contributed by atoms with van der Waals surface area (Å²) in [6.07, 6.45) is 8.59. The number of aromatic nitrogens is 6. The zero-order valence-corrected chi connectivity index (χ0v) is 18.1. The first-order chi connectivity index (χ1) is 13.2. The van der Waals surface area contributed by atoms with Gasteiger partial charge in [0.15, 0.2) is 5.65 Å². The van der Waals surface area contributed by atoms with Gasteiger partial charge in [0, 0.05) is 38.9 Å². The monoisotopic (exact) mass is 535 g/mol. The number of hydrogen-bond acceptors (Lipinski definition) is 6. The van der Waals surface area contributed by atoms with E-state index >= 15 is 0 Å². The fourth-order valence-corrected chi connectivity index (χ4v) is 5.08. The summed E-state index contributed by atoms with van der Waals surface area (Å²) in [7, 11) is 0. The molecule has 9 heteroatoms. The molecule has 1 aliphatic rings. The quantitative estimate of drug-likeness (QED) is 0.360. The van der Waals surface area contributed by atoms with E-state index in [-0.39, 0.29) is 0 Å². The Balaban J connectivity index is 1.82. The fourth-order valence-electron chi connectivity index (χ4n) is 3.44. The van der Waals surface area contributed by atoms with Crippen LogP contribution >= 0.6 is 38.5 Å². The summed E-state index contributed by atoms with van der Waals surface area (Å²) in [6, 6.07) is 4.13. The lowest BCUT2D eigenvalue weighted by Gasteiger charge is -2.27. The van der Waals surface area contributed by atoms with Crippen molar-refractivity contribution >= 4 is 61.0 Å². The molecular formula is C18H15BrIN7. The second kappa shape index (κ2) is 6.93. The van der Waals surface area contributed by atoms with Crippen LogP contribution in [-0.2, 0) is 0 Å². The van der Waals surface area contributed by atoms with Crippen molar-refractivity contribution in [3.63, 3.8) is 0 Å². The summed E-state index contributed by atoms with van der Waals surface area (Å²) >= 11 is 5.92. The van der Waals surface area contributed by atoms with Crippen LogP contribution in [0, 0.1) is 3.57 Å². The molecule has 3 aromatic heterocycles. The summed E-state index contributed by atoms with van der Waals surface area (Å²) in [5, 5.41) is 5.72. The lowest BCUT2D eigenvalue weighted by atomic mass is 10.1. The highest BCUT2D eigenvalue weighted by atomic mass is 127. The Morgan fingerprint density at radius 2 is 1.89 bits per heavy atom. The number of benzene rings is 1. The Hall–Kier alpha value is -1.88. The molecule has 0 saturated carbocycles. The molecule has 0 radical (unpaired) electrons. The van der Waals surface area contributed by atoms with Crippen molar-refractivity contribution < 1.29 is 0 Å². The lowest BCUT2D eigenvalue weighted by molar-refractivity contribution is 0.563. The molecule has 0 aliphatic carbocycles. The van der Waals surface area contributed by atoms with Crippen molar-refractivity contribution in [2.75, 3.05) is 18.0 Å². The summed E-state index contributed by atoms with van der Waals surface area (Å²) < 4.78 is 3.94. The number of anilines is 1. The molecule has 0 bridgehead atoms. The standard InChI is InChI=1S/C18H15BrIN7/c19-11-8-12-15(13(20)9-11)23-18(26-6-2-1-3-7-26)27-17(12)24-16(25-27)14-10-21-4-5-22-14/h4-5,8-10H,1-3,6-7H2. The molecule has 4 heterocycles. The zero-order valence-electron chi connectivity index (χ0n) is 14.3. The van der Waals surface area contributed by atoms with Crippen LogP contribution < -0.4 is 4.90 Å². The van der Waals surface area contributed by atoms with Gasteiger partial charge in [-0.1, -0.05) is 15.9 Å². The van der Waals surface area contributed by atoms with E-state index in [9.17, 15) is 0 Å². The minimum atomic E-state index is 0.561. The third kappa shape index (κ3) is 3.06. The van der Waals surface area contributed by atoms with Crippen LogP contribution in [-0.4, -0.2) is 42.6 Å². The molecule has 27 heavy (non-hydrogen) atoms. The van der Waals surface area contributed by atoms with Crippen LogP contribution in [0.25, 0.3) is 28.1 Å². The molecule has 1 aromatic carbocycles. The van der Waals surface area contributed by atoms with Crippen LogP contribution in [0.3, 0.4) is 0 Å². The summed E-state index contributed by atoms with van der Waals surface area (Å²) in [6.45, 7) is 1.97. The van der Waals surface area contributed by atoms with Gasteiger partial charge in [0.2, 0.25) is 11.8 Å². The molecule has 0 unspecified atom stereocenters. The zero-order chi connectivity index (χ0) is 18.4. The van der Waals surface area contributed by atoms with Crippen molar-refractivity contribution in [1.82, 2.24) is 29.5 Å². The third-order valence-electron chi connectivity index (χ3n) is 4.71. The summed E-state index contributed by atoms with van der Waals surface area (Å²) in [4.78, 5) is 20.6. The highest BCUT2D eigenvalue weighted by Gasteiger charge is 2.22. The smallest absolute Gasteiger partial charge is 0.229 e. The van der Waals surface area contributed by atoms with Gasteiger partial charge in [0.05, 0.1) is 11.7 Å². The maximum absolute atomic E-state index is 5.00. The van der Waals surface area contributed by atoms with E-state index in [1.807, 2.05) is 4.52 Å². The highest BCUT2D eigenvalue weighted by molar-refractivity contribution is 14.1. The molecule has 7 nitrogen and oxygen atoms in total. The van der Waals surface area contributed by atoms with Crippen LogP contribution in [0.15, 0.2) is 35.2 Å². The van der Waals surface area contributed by atoms with Gasteiger partial charge in [-0.15, -0.1) is 5.10 Å². The fraction of sp³-hybridized carbons (Fsp3) is 0.278. The van der Waals surface area contributed by atoms with Crippen molar-refractivity contribution in [1.29, 1.82) is 0 Å². The normalized spacial score (nSPS) is 15.0. The Labute approximate surface area is 177 Å². The molecule has 1 saturated heterocycles. The molecule has 5 rings (SSSR count). The van der Waals surface area contributed by atoms with E-state index in [4.69, 9.17) is 15.1 Å². The lowest BCUT2D eigenvalue weighted by Crippen LogP contribution is -2.32. The van der Waals surface area contributed by atoms with Crippen molar-refractivity contribution in [2.45, 2.75) is 19.3 Å². The van der Waals surface area contributed by atoms with E-state index in [1.54, 1.807) is 18.6 Å². The second-order valence-electron chi connectivity index (χ2n) is 6.50. The van der Waals surface area contributed by atoms with Gasteiger partial charge in [-0.25, -0.2) is 15.0 Å². The second-order valence-corrected chi connectivity index (χ2v) is 8.58. The van der Waals surface area contributed by atoms with Crippen molar-refractivity contribution in [2.24, 2.45) is 0 Å². The maximum atomic E-state index is 5.00. The van der Waals surface area contributed by atoms with E-state index < -0.39 is 0 Å². The first-order valence-corrected chi connectivity index (χ1v) is 10.6. The number of hydrogen-bond donors (Lipinski definition) is 0. The summed E-state index contributed by atoms with van der Waals surface area (Å²) in [5.74, 6) is 1.41. The van der Waals surface area contributed by atoms with Crippen molar-refractivity contribution in [3.05, 3.63) is 38.8 Å². The van der Waals surface area contributed by atoms with Gasteiger partial charge in [-0.05, 0) is 54.0 Å². The largest absolute Gasteiger partial charge is 0.341 e. The third-order valence-corrected chi connectivity index (χ3v) is 5.99. The number of halogens is 2. The predicted molar refractivity (Wildman–Crippen MR) is 116 cm³/mol. The first kappa shape index (κ1) is 17.2. The molecule has 0 amide bonds. The van der Waals surface area contributed by atoms with Gasteiger partial charge >= 0.3 is 0 Å². The summed E-state index contributed by atoms with van der Waals surface area (Å²) in [5.41, 5.74) is 2.40. The molecule has 1 aliphatic heterocycles. The van der Waals surface area contributed by atoms with E-state index in [0.29, 0.717) is 11.5 Å². The van der Waals surface area contributed by atoms with Crippen LogP contribution in [0.2, 0.25) is 0 Å². The minimum absolute atomic E-state index is 0.561. The average molecular weight is 536 g/mol. The van der Waals surface area contributed by atoms with Gasteiger partial charge < -0.3 is 4.90 Å². The van der Waals surface area contributed by atoms with Crippen LogP contribution in [0.5, 0.6) is 0 Å². The SMILES string of the molecule is Brc1cc(I)c2nc(N3CCCCC3)n3nc(-c4cnccn4)nc3c2c1. The minimum Gasteiger partial charge on any atom is -0.341 e. The van der Waals surface area contributed by atoms with E-state index in [1.165, 1.54) is 19.3 Å². The van der Waals surface area contributed by atoms with E-state index in [2.05, 4.69) is 65.5 Å². The number of rotatable bonds is 2. The van der Waals surface area contributed by atoms with Gasteiger partial charge in [-0.2, -0.15) is 4.52 Å². The number of nitrogens with zero attached hydrogens (tertiary/aromatic N) is 7. The molecule has 4 aromatic rings. The Morgan fingerprint density at radius 1 is 1.04 bits per heavy atom. The number of piperidine rings is 1. The highest BCUT2D eigenvalue weighted by Crippen LogP contribution is 2.31. The average Bonchev–Trinajstić information content (AvgIpc) is 3.15. The first-order valence-electron chi connectivity index (χ1n) is 8.77. The maximum Gasteiger partial charge on any atom is 0.229 e. The predicted octanol–water partition coefficient (Wildman–Crippen LogP) is 4.09. The van der Waals surface area contributed by atoms with E-state index in [0.717, 1.165) is 43.6 Å². The Kier molecular flexibility index (Phi) is 4.43. The van der Waals surface area contributed by atoms with Gasteiger partial charge in [0.25, 0.3) is 0 Å². The molecule has 0 N–H and O–H groups in total. The Bertz CT molecular complexity index is 1140. The number of fused-ring (bicyclic) bond motifs is 3. The van der Waals surface area contributed by atoms with Crippen LogP contribution in [0.1, 0.15) is 19.3 Å². The van der Waals surface area contributed by atoms with Crippen molar-refractivity contribution in [3.8, 4) is 11.5 Å². The molecular weight excluding hydrogens is 521 g/mol. The van der Waals surface area contributed by atoms with Gasteiger partial charge in [0.1, 0.15) is 5.69 Å². The Morgan fingerprint density at radius 3 is 2.67 bits per heavy atom. The molecule has 0 atom stereocenters. The van der Waals surface area contributed by atoms with Gasteiger partial charge in [-0.3, -0.25) is 4.98 Å². The molecule has 0 spiro atoms.